The number of rotatable bonds is 1. The maximum atomic E-state index is 10.2. The molecule has 64 valence electrons. The fourth-order valence-electron chi connectivity index (χ4n) is 0.770. The van der Waals surface area contributed by atoms with Crippen molar-refractivity contribution in [3.05, 3.63) is 18.2 Å². The fourth-order valence-corrected chi connectivity index (χ4v) is 0.770. The van der Waals surface area contributed by atoms with Gasteiger partial charge in [-0.3, -0.25) is 5.32 Å². The van der Waals surface area contributed by atoms with Gasteiger partial charge < -0.3 is 15.9 Å². The van der Waals surface area contributed by atoms with E-state index in [1.807, 2.05) is 5.32 Å². The third-order valence-electron chi connectivity index (χ3n) is 1.26. The molecule has 0 aliphatic rings. The maximum absolute atomic E-state index is 10.2. The van der Waals surface area contributed by atoms with Crippen LogP contribution in [0.2, 0.25) is 0 Å². The van der Waals surface area contributed by atoms with Crippen LogP contribution in [0.15, 0.2) is 18.2 Å². The summed E-state index contributed by atoms with van der Waals surface area (Å²) in [6, 6.07) is 4.15. The van der Waals surface area contributed by atoms with Crippen LogP contribution < -0.4 is 11.1 Å². The number of anilines is 2. The standard InChI is InChI=1S/C7H8N2O3/c8-4-1-2-5(6(10)3-4)9-7(11)12/h1-3,9-10H,8H2,(H,11,12). The van der Waals surface area contributed by atoms with E-state index in [-0.39, 0.29) is 11.4 Å². The topological polar surface area (TPSA) is 95.6 Å². The monoisotopic (exact) mass is 168 g/mol. The Kier molecular flexibility index (Phi) is 2.05. The molecule has 0 saturated heterocycles. The summed E-state index contributed by atoms with van der Waals surface area (Å²) < 4.78 is 0. The van der Waals surface area contributed by atoms with Gasteiger partial charge in [-0.25, -0.2) is 4.79 Å². The molecule has 1 amide bonds. The third-order valence-corrected chi connectivity index (χ3v) is 1.26. The molecule has 12 heavy (non-hydrogen) atoms. The highest BCUT2D eigenvalue weighted by Crippen LogP contribution is 2.24. The molecule has 1 aromatic rings. The highest BCUT2D eigenvalue weighted by Gasteiger charge is 2.03. The predicted molar refractivity (Wildman–Crippen MR) is 44.2 cm³/mol. The van der Waals surface area contributed by atoms with Crippen LogP contribution in [0.4, 0.5) is 16.2 Å². The number of amides is 1. The highest BCUT2D eigenvalue weighted by atomic mass is 16.4. The summed E-state index contributed by atoms with van der Waals surface area (Å²) in [6.45, 7) is 0. The number of nitrogens with one attached hydrogen (secondary N) is 1. The summed E-state index contributed by atoms with van der Waals surface area (Å²) in [5.41, 5.74) is 5.82. The van der Waals surface area contributed by atoms with E-state index in [1.54, 1.807) is 0 Å². The Morgan fingerprint density at radius 2 is 2.17 bits per heavy atom. The summed E-state index contributed by atoms with van der Waals surface area (Å²) >= 11 is 0. The molecule has 0 bridgehead atoms. The van der Waals surface area contributed by atoms with Crippen molar-refractivity contribution in [1.29, 1.82) is 0 Å². The zero-order valence-corrected chi connectivity index (χ0v) is 6.11. The Hall–Kier alpha value is -1.91. The van der Waals surface area contributed by atoms with Gasteiger partial charge in [-0.05, 0) is 12.1 Å². The third kappa shape index (κ3) is 1.79. The Bertz CT molecular complexity index is 312. The van der Waals surface area contributed by atoms with Crippen LogP contribution in [0.25, 0.3) is 0 Å². The maximum Gasteiger partial charge on any atom is 0.409 e. The molecule has 0 spiro atoms. The number of phenolic OH excluding ortho intramolecular Hbond substituents is 1. The Labute approximate surface area is 68.4 Å². The Balaban J connectivity index is 2.93. The van der Waals surface area contributed by atoms with Crippen LogP contribution in [0.5, 0.6) is 5.75 Å². The second-order valence-corrected chi connectivity index (χ2v) is 2.21. The number of carbonyl (C=O) groups is 1. The van der Waals surface area contributed by atoms with Crippen LogP contribution in [-0.4, -0.2) is 16.3 Å². The molecule has 0 aliphatic heterocycles. The molecule has 0 unspecified atom stereocenters. The first kappa shape index (κ1) is 8.19. The van der Waals surface area contributed by atoms with Crippen LogP contribution >= 0.6 is 0 Å². The van der Waals surface area contributed by atoms with E-state index in [2.05, 4.69) is 0 Å². The summed E-state index contributed by atoms with van der Waals surface area (Å²) in [5.74, 6) is -0.183. The normalized spacial score (nSPS) is 9.33. The zero-order valence-electron chi connectivity index (χ0n) is 6.11. The lowest BCUT2D eigenvalue weighted by atomic mass is 10.2. The number of hydrogen-bond donors (Lipinski definition) is 4. The second-order valence-electron chi connectivity index (χ2n) is 2.21. The molecule has 1 aromatic carbocycles. The van der Waals surface area contributed by atoms with E-state index in [0.29, 0.717) is 5.69 Å². The molecule has 0 radical (unpaired) electrons. The number of hydrogen-bond acceptors (Lipinski definition) is 3. The Morgan fingerprint density at radius 1 is 1.50 bits per heavy atom. The summed E-state index contributed by atoms with van der Waals surface area (Å²) in [5, 5.41) is 19.5. The van der Waals surface area contributed by atoms with Crippen LogP contribution in [0.1, 0.15) is 0 Å². The summed E-state index contributed by atoms with van der Waals surface area (Å²) in [4.78, 5) is 10.2. The number of carboxylic acid groups (broad SMARTS) is 1. The molecule has 0 fully saturated rings. The lowest BCUT2D eigenvalue weighted by Gasteiger charge is -2.03. The molecular formula is C7H8N2O3. The van der Waals surface area contributed by atoms with Crippen molar-refractivity contribution < 1.29 is 15.0 Å². The molecule has 0 heterocycles. The molecule has 0 aliphatic carbocycles. The van der Waals surface area contributed by atoms with Crippen LogP contribution in [0.3, 0.4) is 0 Å². The van der Waals surface area contributed by atoms with Crippen LogP contribution in [-0.2, 0) is 0 Å². The van der Waals surface area contributed by atoms with Gasteiger partial charge in [0.1, 0.15) is 5.75 Å². The van der Waals surface area contributed by atoms with Gasteiger partial charge >= 0.3 is 6.09 Å². The van der Waals surface area contributed by atoms with E-state index < -0.39 is 6.09 Å². The fraction of sp³-hybridized carbons (Fsp3) is 0. The predicted octanol–water partition coefficient (Wildman–Crippen LogP) is 1.06. The van der Waals surface area contributed by atoms with Gasteiger partial charge in [0.25, 0.3) is 0 Å². The average Bonchev–Trinajstić information content (AvgIpc) is 1.94. The highest BCUT2D eigenvalue weighted by molar-refractivity contribution is 5.85. The van der Waals surface area contributed by atoms with E-state index in [4.69, 9.17) is 15.9 Å². The smallest absolute Gasteiger partial charge is 0.409 e. The molecule has 5 heteroatoms. The molecule has 5 nitrogen and oxygen atoms in total. The van der Waals surface area contributed by atoms with E-state index in [0.717, 1.165) is 0 Å². The number of nitrogen functional groups attached to an aromatic ring is 1. The summed E-state index contributed by atoms with van der Waals surface area (Å²) in [6.07, 6.45) is -1.23. The molecule has 5 N–H and O–H groups in total. The van der Waals surface area contributed by atoms with Crippen molar-refractivity contribution in [3.63, 3.8) is 0 Å². The second kappa shape index (κ2) is 3.00. The van der Waals surface area contributed by atoms with Crippen molar-refractivity contribution in [2.75, 3.05) is 11.1 Å². The van der Waals surface area contributed by atoms with Gasteiger partial charge in [0.2, 0.25) is 0 Å². The first-order chi connectivity index (χ1) is 5.59. The van der Waals surface area contributed by atoms with Crippen molar-refractivity contribution in [2.24, 2.45) is 0 Å². The van der Waals surface area contributed by atoms with Gasteiger partial charge in [0.15, 0.2) is 0 Å². The van der Waals surface area contributed by atoms with E-state index in [9.17, 15) is 4.79 Å². The minimum absolute atomic E-state index is 0.122. The van der Waals surface area contributed by atoms with Gasteiger partial charge in [-0.1, -0.05) is 0 Å². The number of phenols is 1. The number of nitrogens with two attached hydrogens (primary N) is 1. The molecule has 0 aromatic heterocycles. The van der Waals surface area contributed by atoms with Crippen LogP contribution in [0, 0.1) is 0 Å². The average molecular weight is 168 g/mol. The van der Waals surface area contributed by atoms with Gasteiger partial charge in [-0.15, -0.1) is 0 Å². The number of aromatic hydroxyl groups is 1. The van der Waals surface area contributed by atoms with Gasteiger partial charge in [-0.2, -0.15) is 0 Å². The molecular weight excluding hydrogens is 160 g/mol. The lowest BCUT2D eigenvalue weighted by molar-refractivity contribution is 0.209. The summed E-state index contributed by atoms with van der Waals surface area (Å²) in [7, 11) is 0. The molecule has 0 atom stereocenters. The molecule has 1 rings (SSSR count). The van der Waals surface area contributed by atoms with Gasteiger partial charge in [0.05, 0.1) is 5.69 Å². The minimum Gasteiger partial charge on any atom is -0.506 e. The largest absolute Gasteiger partial charge is 0.506 e. The quantitative estimate of drug-likeness (QED) is 0.372. The van der Waals surface area contributed by atoms with E-state index in [1.165, 1.54) is 18.2 Å². The van der Waals surface area contributed by atoms with Gasteiger partial charge in [0, 0.05) is 11.8 Å². The Morgan fingerprint density at radius 3 is 2.67 bits per heavy atom. The number of benzene rings is 1. The lowest BCUT2D eigenvalue weighted by Crippen LogP contribution is -2.07. The van der Waals surface area contributed by atoms with Crippen molar-refractivity contribution in [1.82, 2.24) is 0 Å². The first-order valence-electron chi connectivity index (χ1n) is 3.18. The van der Waals surface area contributed by atoms with Crippen molar-refractivity contribution in [2.45, 2.75) is 0 Å². The minimum atomic E-state index is -1.23. The molecule has 0 saturated carbocycles. The van der Waals surface area contributed by atoms with Crippen molar-refractivity contribution in [3.8, 4) is 5.75 Å². The van der Waals surface area contributed by atoms with Crippen molar-refractivity contribution >= 4 is 17.5 Å². The first-order valence-corrected chi connectivity index (χ1v) is 3.18. The SMILES string of the molecule is Nc1ccc(NC(=O)O)c(O)c1. The zero-order chi connectivity index (χ0) is 9.14. The van der Waals surface area contributed by atoms with E-state index >= 15 is 0 Å².